The van der Waals surface area contributed by atoms with Crippen LogP contribution in [0.1, 0.15) is 31.7 Å². The molecular formula is C33H44ClFN8O4S. The first-order valence-corrected chi connectivity index (χ1v) is 18.7. The fourth-order valence-electron chi connectivity index (χ4n) is 6.06. The van der Waals surface area contributed by atoms with Gasteiger partial charge in [0.15, 0.2) is 5.75 Å². The second kappa shape index (κ2) is 16.2. The highest BCUT2D eigenvalue weighted by atomic mass is 35.5. The number of carbonyl (C=O) groups excluding carboxylic acids is 1. The van der Waals surface area contributed by atoms with E-state index in [1.165, 1.54) is 18.4 Å². The van der Waals surface area contributed by atoms with Gasteiger partial charge in [-0.15, -0.1) is 0 Å². The fourth-order valence-corrected chi connectivity index (χ4v) is 7.05. The molecule has 0 aliphatic carbocycles. The number of urea groups is 1. The average molecular weight is 703 g/mol. The van der Waals surface area contributed by atoms with E-state index >= 15 is 0 Å². The van der Waals surface area contributed by atoms with Gasteiger partial charge in [0.2, 0.25) is 11.8 Å². The van der Waals surface area contributed by atoms with Crippen molar-refractivity contribution in [2.45, 2.75) is 38.8 Å². The third kappa shape index (κ3) is 10.5. The molecule has 4 heterocycles. The molecule has 5 rings (SSSR count). The van der Waals surface area contributed by atoms with E-state index in [0.717, 1.165) is 57.7 Å². The van der Waals surface area contributed by atoms with Crippen molar-refractivity contribution in [1.29, 1.82) is 0 Å². The maximum absolute atomic E-state index is 14.3. The van der Waals surface area contributed by atoms with E-state index in [9.17, 15) is 17.6 Å². The molecule has 2 fully saturated rings. The monoisotopic (exact) mass is 702 g/mol. The van der Waals surface area contributed by atoms with Crippen molar-refractivity contribution < 1.29 is 22.3 Å². The maximum Gasteiger partial charge on any atom is 0.314 e. The van der Waals surface area contributed by atoms with Crippen LogP contribution in [-0.2, 0) is 16.4 Å². The van der Waals surface area contributed by atoms with E-state index in [4.69, 9.17) is 16.3 Å². The van der Waals surface area contributed by atoms with Gasteiger partial charge in [0.25, 0.3) is 0 Å². The molecule has 1 unspecified atom stereocenters. The van der Waals surface area contributed by atoms with Crippen LogP contribution in [0.2, 0.25) is 5.02 Å². The number of amides is 2. The van der Waals surface area contributed by atoms with Gasteiger partial charge in [0.05, 0.1) is 23.8 Å². The summed E-state index contributed by atoms with van der Waals surface area (Å²) < 4.78 is 43.6. The van der Waals surface area contributed by atoms with Gasteiger partial charge in [-0.2, -0.15) is 0 Å². The van der Waals surface area contributed by atoms with Gasteiger partial charge < -0.3 is 20.3 Å². The lowest BCUT2D eigenvalue weighted by Gasteiger charge is -2.38. The predicted octanol–water partition coefficient (Wildman–Crippen LogP) is 4.21. The second-order valence-corrected chi connectivity index (χ2v) is 15.3. The fraction of sp³-hybridized carbons (Fsp3) is 0.515. The molecule has 2 aliphatic heterocycles. The zero-order valence-electron chi connectivity index (χ0n) is 27.7. The lowest BCUT2D eigenvalue weighted by molar-refractivity contribution is 0.175. The predicted molar refractivity (Wildman–Crippen MR) is 185 cm³/mol. The summed E-state index contributed by atoms with van der Waals surface area (Å²) in [4.78, 5) is 32.1. The smallest absolute Gasteiger partial charge is 0.314 e. The van der Waals surface area contributed by atoms with E-state index in [1.54, 1.807) is 25.5 Å². The number of benzene rings is 1. The number of hydrogen-bond donors (Lipinski definition) is 2. The highest BCUT2D eigenvalue weighted by molar-refractivity contribution is 7.90. The summed E-state index contributed by atoms with van der Waals surface area (Å²) >= 11 is 6.18. The standard InChI is InChI=1S/C33H44ClFN8O4S/c1-23(6-13-48(3,45)46)42-9-11-43(12-10-42)32-37-20-29(21-38-32)47-31-15-25(14-30(40-31)26-16-27(34)18-28(35)17-26)22-41-7-4-24(5-8-41)19-39-33(44)36-2/h14-18,20-21,23-24H,4-13,19,22H2,1-3H3,(H2,36,39,44). The Kier molecular flexibility index (Phi) is 12.1. The van der Waals surface area contributed by atoms with Crippen LogP contribution in [0.15, 0.2) is 42.7 Å². The highest BCUT2D eigenvalue weighted by Crippen LogP contribution is 2.30. The highest BCUT2D eigenvalue weighted by Gasteiger charge is 2.24. The molecule has 1 aromatic carbocycles. The molecule has 2 aliphatic rings. The largest absolute Gasteiger partial charge is 0.436 e. The average Bonchev–Trinajstić information content (AvgIpc) is 3.06. The number of pyridine rings is 1. The van der Waals surface area contributed by atoms with Crippen molar-refractivity contribution in [3.8, 4) is 22.9 Å². The summed E-state index contributed by atoms with van der Waals surface area (Å²) in [6.45, 7) is 8.17. The summed E-state index contributed by atoms with van der Waals surface area (Å²) in [6.07, 6.45) is 7.05. The van der Waals surface area contributed by atoms with Gasteiger partial charge in [0.1, 0.15) is 15.7 Å². The molecule has 2 amide bonds. The number of piperidine rings is 1. The first-order chi connectivity index (χ1) is 22.9. The summed E-state index contributed by atoms with van der Waals surface area (Å²) in [5, 5.41) is 5.77. The zero-order valence-corrected chi connectivity index (χ0v) is 29.2. The van der Waals surface area contributed by atoms with Gasteiger partial charge in [0, 0.05) is 75.3 Å². The molecule has 0 saturated carbocycles. The number of aromatic nitrogens is 3. The molecule has 2 saturated heterocycles. The maximum atomic E-state index is 14.3. The SMILES string of the molecule is CNC(=O)NCC1CCN(Cc2cc(Oc3cnc(N4CCN(C(C)CCS(C)(=O)=O)CC4)nc3)nc(-c3cc(F)cc(Cl)c3)c2)CC1. The third-order valence-corrected chi connectivity index (χ3v) is 10.1. The van der Waals surface area contributed by atoms with Gasteiger partial charge in [-0.05, 0) is 75.0 Å². The number of rotatable bonds is 12. The van der Waals surface area contributed by atoms with E-state index in [2.05, 4.69) is 47.2 Å². The van der Waals surface area contributed by atoms with E-state index in [0.29, 0.717) is 54.3 Å². The first kappa shape index (κ1) is 35.7. The van der Waals surface area contributed by atoms with Crippen molar-refractivity contribution in [2.75, 3.05) is 69.8 Å². The molecule has 0 spiro atoms. The van der Waals surface area contributed by atoms with Crippen LogP contribution in [-0.4, -0.2) is 110 Å². The van der Waals surface area contributed by atoms with Crippen LogP contribution in [0.5, 0.6) is 11.6 Å². The summed E-state index contributed by atoms with van der Waals surface area (Å²) in [6, 6.07) is 8.15. The number of nitrogens with zero attached hydrogens (tertiary/aromatic N) is 6. The summed E-state index contributed by atoms with van der Waals surface area (Å²) in [7, 11) is -1.37. The van der Waals surface area contributed by atoms with Crippen LogP contribution in [0.25, 0.3) is 11.3 Å². The number of hydrogen-bond acceptors (Lipinski definition) is 10. The number of carbonyl (C=O) groups is 1. The number of piperazine rings is 1. The molecule has 2 N–H and O–H groups in total. The molecule has 0 radical (unpaired) electrons. The van der Waals surface area contributed by atoms with Crippen LogP contribution >= 0.6 is 11.6 Å². The number of anilines is 1. The Hall–Kier alpha value is -3.59. The lowest BCUT2D eigenvalue weighted by Crippen LogP contribution is -2.50. The molecular weight excluding hydrogens is 659 g/mol. The molecule has 12 nitrogen and oxygen atoms in total. The van der Waals surface area contributed by atoms with E-state index in [-0.39, 0.29) is 22.8 Å². The molecule has 2 aromatic heterocycles. The number of ether oxygens (including phenoxy) is 1. The van der Waals surface area contributed by atoms with Gasteiger partial charge in [-0.1, -0.05) is 11.6 Å². The summed E-state index contributed by atoms with van der Waals surface area (Å²) in [5.41, 5.74) is 2.04. The molecule has 0 bridgehead atoms. The Bertz CT molecular complexity index is 1630. The van der Waals surface area contributed by atoms with E-state index < -0.39 is 15.7 Å². The van der Waals surface area contributed by atoms with Gasteiger partial charge in [-0.3, -0.25) is 9.80 Å². The Morgan fingerprint density at radius 1 is 1.06 bits per heavy atom. The first-order valence-electron chi connectivity index (χ1n) is 16.3. The zero-order chi connectivity index (χ0) is 34.3. The molecule has 260 valence electrons. The minimum atomic E-state index is -2.98. The number of sulfone groups is 1. The van der Waals surface area contributed by atoms with Crippen molar-refractivity contribution in [3.63, 3.8) is 0 Å². The van der Waals surface area contributed by atoms with Crippen molar-refractivity contribution in [2.24, 2.45) is 5.92 Å². The van der Waals surface area contributed by atoms with Crippen LogP contribution in [0, 0.1) is 11.7 Å². The van der Waals surface area contributed by atoms with Crippen molar-refractivity contribution in [1.82, 2.24) is 35.4 Å². The van der Waals surface area contributed by atoms with Gasteiger partial charge in [-0.25, -0.2) is 32.6 Å². The number of halogens is 2. The Labute approximate surface area is 287 Å². The molecule has 48 heavy (non-hydrogen) atoms. The van der Waals surface area contributed by atoms with Crippen LogP contribution in [0.3, 0.4) is 0 Å². The summed E-state index contributed by atoms with van der Waals surface area (Å²) in [5.74, 6) is 1.50. The van der Waals surface area contributed by atoms with Crippen molar-refractivity contribution in [3.05, 3.63) is 59.1 Å². The number of likely N-dealkylation sites (tertiary alicyclic amines) is 1. The van der Waals surface area contributed by atoms with E-state index in [1.807, 2.05) is 12.1 Å². The normalized spacial score (nSPS) is 17.2. The molecule has 3 aromatic rings. The van der Waals surface area contributed by atoms with Crippen LogP contribution in [0.4, 0.5) is 15.1 Å². The Balaban J connectivity index is 1.24. The Morgan fingerprint density at radius 2 is 1.77 bits per heavy atom. The molecule has 15 heteroatoms. The van der Waals surface area contributed by atoms with Gasteiger partial charge >= 0.3 is 6.03 Å². The number of nitrogens with one attached hydrogen (secondary N) is 2. The Morgan fingerprint density at radius 3 is 2.42 bits per heavy atom. The van der Waals surface area contributed by atoms with Crippen molar-refractivity contribution >= 4 is 33.4 Å². The van der Waals surface area contributed by atoms with Crippen LogP contribution < -0.4 is 20.3 Å². The minimum Gasteiger partial charge on any atom is -0.436 e. The molecule has 1 atom stereocenters. The third-order valence-electron chi connectivity index (χ3n) is 8.88. The topological polar surface area (TPSA) is 133 Å². The quantitative estimate of drug-likeness (QED) is 0.283. The minimum absolute atomic E-state index is 0.167. The lowest BCUT2D eigenvalue weighted by atomic mass is 9.96. The second-order valence-electron chi connectivity index (χ2n) is 12.6.